The minimum atomic E-state index is -0.0382. The highest BCUT2D eigenvalue weighted by molar-refractivity contribution is 5.06. The molecule has 2 heteroatoms. The van der Waals surface area contributed by atoms with Gasteiger partial charge in [-0.25, -0.2) is 0 Å². The minimum absolute atomic E-state index is 0.000486. The zero-order valence-corrected chi connectivity index (χ0v) is 11.8. The predicted molar refractivity (Wildman–Crippen MR) is 67.8 cm³/mol. The fourth-order valence-electron chi connectivity index (χ4n) is 3.53. The van der Waals surface area contributed by atoms with Crippen LogP contribution in [0.5, 0.6) is 0 Å². The van der Waals surface area contributed by atoms with Crippen molar-refractivity contribution in [2.75, 3.05) is 0 Å². The summed E-state index contributed by atoms with van der Waals surface area (Å²) in [5, 5.41) is 0. The summed E-state index contributed by atoms with van der Waals surface area (Å²) < 4.78 is 13.3. The molecule has 0 amide bonds. The van der Waals surface area contributed by atoms with Crippen LogP contribution in [0, 0.1) is 16.2 Å². The molecule has 3 atom stereocenters. The first kappa shape index (κ1) is 14.0. The predicted octanol–water partition coefficient (Wildman–Crippen LogP) is 4.48. The van der Waals surface area contributed by atoms with E-state index in [0.717, 1.165) is 19.3 Å². The Morgan fingerprint density at radius 3 is 2.00 bits per heavy atom. The van der Waals surface area contributed by atoms with Gasteiger partial charge in [-0.3, -0.25) is 0 Å². The summed E-state index contributed by atoms with van der Waals surface area (Å²) in [4.78, 5) is 0. The van der Waals surface area contributed by atoms with Crippen LogP contribution in [0.4, 0.5) is 4.48 Å². The zero-order chi connectivity index (χ0) is 12.6. The van der Waals surface area contributed by atoms with E-state index in [-0.39, 0.29) is 22.3 Å². The van der Waals surface area contributed by atoms with E-state index in [9.17, 15) is 4.48 Å². The lowest BCUT2D eigenvalue weighted by molar-refractivity contribution is -0.0967. The molecule has 1 fully saturated rings. The quantitative estimate of drug-likeness (QED) is 0.703. The third kappa shape index (κ3) is 1.79. The van der Waals surface area contributed by atoms with Crippen LogP contribution in [0.1, 0.15) is 67.2 Å². The van der Waals surface area contributed by atoms with Gasteiger partial charge in [0, 0.05) is 6.04 Å². The van der Waals surface area contributed by atoms with Crippen molar-refractivity contribution in [2.45, 2.75) is 73.3 Å². The first-order valence-corrected chi connectivity index (χ1v) is 6.63. The summed E-state index contributed by atoms with van der Waals surface area (Å²) in [6, 6.07) is -0.0382. The highest BCUT2D eigenvalue weighted by Crippen LogP contribution is 2.58. The summed E-state index contributed by atoms with van der Waals surface area (Å²) in [7, 11) is 0. The second kappa shape index (κ2) is 4.29. The van der Waals surface area contributed by atoms with Gasteiger partial charge >= 0.3 is 0 Å². The van der Waals surface area contributed by atoms with Crippen LogP contribution in [0.15, 0.2) is 0 Å². The van der Waals surface area contributed by atoms with Crippen molar-refractivity contribution in [3.63, 3.8) is 0 Å². The second-order valence-corrected chi connectivity index (χ2v) is 6.69. The van der Waals surface area contributed by atoms with E-state index < -0.39 is 0 Å². The van der Waals surface area contributed by atoms with Gasteiger partial charge in [0.25, 0.3) is 0 Å². The molecule has 0 saturated heterocycles. The van der Waals surface area contributed by atoms with Gasteiger partial charge in [-0.15, -0.1) is 4.48 Å². The molecule has 16 heavy (non-hydrogen) atoms. The SMILES string of the molecule is CCC1(C)CCC(C)(CC)C(C)(C)C1NF. The van der Waals surface area contributed by atoms with Crippen molar-refractivity contribution in [1.82, 2.24) is 5.54 Å². The number of hydrogen-bond acceptors (Lipinski definition) is 1. The third-order valence-electron chi connectivity index (χ3n) is 5.92. The molecule has 0 bridgehead atoms. The summed E-state index contributed by atoms with van der Waals surface area (Å²) in [6.07, 6.45) is 4.49. The van der Waals surface area contributed by atoms with E-state index in [0.29, 0.717) is 0 Å². The maximum atomic E-state index is 13.3. The molecule has 0 heterocycles. The Bertz CT molecular complexity index is 251. The monoisotopic (exact) mass is 229 g/mol. The van der Waals surface area contributed by atoms with E-state index in [1.54, 1.807) is 0 Å². The Morgan fingerprint density at radius 2 is 1.62 bits per heavy atom. The second-order valence-electron chi connectivity index (χ2n) is 6.69. The van der Waals surface area contributed by atoms with Crippen LogP contribution >= 0.6 is 0 Å². The standard InChI is InChI=1S/C14H28FN/c1-7-13(5)9-10-14(6,8-2)12(3,4)11(13)16-15/h11,16H,7-10H2,1-6H3. The van der Waals surface area contributed by atoms with Crippen LogP contribution in [0.25, 0.3) is 0 Å². The Balaban J connectivity index is 3.11. The fraction of sp³-hybridized carbons (Fsp3) is 1.00. The van der Waals surface area contributed by atoms with Crippen molar-refractivity contribution in [1.29, 1.82) is 0 Å². The van der Waals surface area contributed by atoms with E-state index >= 15 is 0 Å². The molecule has 0 radical (unpaired) electrons. The van der Waals surface area contributed by atoms with E-state index in [1.807, 2.05) is 0 Å². The molecule has 0 aromatic rings. The first-order chi connectivity index (χ1) is 7.27. The van der Waals surface area contributed by atoms with Gasteiger partial charge in [-0.2, -0.15) is 5.54 Å². The fourth-order valence-corrected chi connectivity index (χ4v) is 3.53. The zero-order valence-electron chi connectivity index (χ0n) is 11.8. The highest BCUT2D eigenvalue weighted by atomic mass is 19.2. The minimum Gasteiger partial charge on any atom is -0.155 e. The van der Waals surface area contributed by atoms with Crippen LogP contribution in [-0.2, 0) is 0 Å². The maximum Gasteiger partial charge on any atom is 0.0481 e. The van der Waals surface area contributed by atoms with Crippen molar-refractivity contribution in [3.05, 3.63) is 0 Å². The largest absolute Gasteiger partial charge is 0.155 e. The van der Waals surface area contributed by atoms with Gasteiger partial charge in [0.15, 0.2) is 0 Å². The molecule has 1 N–H and O–H groups in total. The van der Waals surface area contributed by atoms with Crippen molar-refractivity contribution in [2.24, 2.45) is 16.2 Å². The number of nitrogens with one attached hydrogen (secondary N) is 1. The van der Waals surface area contributed by atoms with Crippen molar-refractivity contribution < 1.29 is 4.48 Å². The summed E-state index contributed by atoms with van der Waals surface area (Å²) in [5.74, 6) is 0. The summed E-state index contributed by atoms with van der Waals surface area (Å²) >= 11 is 0. The Morgan fingerprint density at radius 1 is 1.06 bits per heavy atom. The van der Waals surface area contributed by atoms with Crippen molar-refractivity contribution in [3.8, 4) is 0 Å². The van der Waals surface area contributed by atoms with Gasteiger partial charge in [0.2, 0.25) is 0 Å². The Labute approximate surface area is 100 Å². The smallest absolute Gasteiger partial charge is 0.0481 e. The molecule has 1 rings (SSSR count). The third-order valence-corrected chi connectivity index (χ3v) is 5.92. The summed E-state index contributed by atoms with van der Waals surface area (Å²) in [5.41, 5.74) is 2.46. The van der Waals surface area contributed by atoms with Gasteiger partial charge in [0.05, 0.1) is 0 Å². The van der Waals surface area contributed by atoms with Crippen LogP contribution in [0.2, 0.25) is 0 Å². The Hall–Kier alpha value is -0.110. The van der Waals surface area contributed by atoms with Crippen LogP contribution in [-0.4, -0.2) is 6.04 Å². The number of rotatable bonds is 3. The molecule has 0 spiro atoms. The van der Waals surface area contributed by atoms with Crippen molar-refractivity contribution >= 4 is 0 Å². The van der Waals surface area contributed by atoms with Gasteiger partial charge in [-0.1, -0.05) is 48.0 Å². The molecular weight excluding hydrogens is 201 g/mol. The normalized spacial score (nSPS) is 43.3. The topological polar surface area (TPSA) is 12.0 Å². The van der Waals surface area contributed by atoms with Crippen LogP contribution in [0.3, 0.4) is 0 Å². The molecule has 1 nitrogen and oxygen atoms in total. The molecule has 3 unspecified atom stereocenters. The number of halogens is 1. The molecule has 1 aliphatic carbocycles. The molecular formula is C14H28FN. The first-order valence-electron chi connectivity index (χ1n) is 6.63. The molecule has 0 aromatic heterocycles. The molecule has 1 aliphatic rings. The maximum absolute atomic E-state index is 13.3. The van der Waals surface area contributed by atoms with E-state index in [4.69, 9.17) is 0 Å². The Kier molecular flexibility index (Phi) is 3.74. The highest BCUT2D eigenvalue weighted by Gasteiger charge is 2.55. The molecule has 96 valence electrons. The summed E-state index contributed by atoms with van der Waals surface area (Å²) in [6.45, 7) is 13.4. The molecule has 0 aromatic carbocycles. The number of hydrogen-bond donors (Lipinski definition) is 1. The average molecular weight is 229 g/mol. The lowest BCUT2D eigenvalue weighted by Crippen LogP contribution is -2.60. The lowest BCUT2D eigenvalue weighted by atomic mass is 9.48. The molecule has 0 aliphatic heterocycles. The average Bonchev–Trinajstić information content (AvgIpc) is 2.24. The van der Waals surface area contributed by atoms with Gasteiger partial charge in [0.1, 0.15) is 0 Å². The van der Waals surface area contributed by atoms with Gasteiger partial charge in [-0.05, 0) is 35.5 Å². The lowest BCUT2D eigenvalue weighted by Gasteiger charge is -2.59. The molecule has 1 saturated carbocycles. The van der Waals surface area contributed by atoms with E-state index in [2.05, 4.69) is 47.1 Å². The van der Waals surface area contributed by atoms with Crippen LogP contribution < -0.4 is 5.54 Å². The van der Waals surface area contributed by atoms with E-state index in [1.165, 1.54) is 6.42 Å². The van der Waals surface area contributed by atoms with Gasteiger partial charge < -0.3 is 0 Å².